The molecular formula is C16H25NO. The van der Waals surface area contributed by atoms with E-state index in [1.807, 2.05) is 0 Å². The second-order valence-corrected chi connectivity index (χ2v) is 5.72. The van der Waals surface area contributed by atoms with Gasteiger partial charge in [-0.2, -0.15) is 0 Å². The maximum atomic E-state index is 9.70. The lowest BCUT2D eigenvalue weighted by atomic mass is 9.82. The fraction of sp³-hybridized carbons (Fsp3) is 0.625. The maximum absolute atomic E-state index is 9.70. The van der Waals surface area contributed by atoms with Crippen LogP contribution in [0, 0.1) is 13.8 Å². The molecular weight excluding hydrogens is 222 g/mol. The second kappa shape index (κ2) is 5.85. The van der Waals surface area contributed by atoms with Gasteiger partial charge in [-0.1, -0.05) is 37.5 Å². The molecule has 2 heteroatoms. The minimum Gasteiger partial charge on any atom is -0.394 e. The first kappa shape index (κ1) is 13.6. The topological polar surface area (TPSA) is 32.3 Å². The zero-order chi connectivity index (χ0) is 13.0. The zero-order valence-corrected chi connectivity index (χ0v) is 11.6. The highest BCUT2D eigenvalue weighted by Gasteiger charge is 2.30. The van der Waals surface area contributed by atoms with E-state index >= 15 is 0 Å². The van der Waals surface area contributed by atoms with Crippen molar-refractivity contribution < 1.29 is 5.11 Å². The van der Waals surface area contributed by atoms with Crippen LogP contribution in [0.5, 0.6) is 0 Å². The van der Waals surface area contributed by atoms with Crippen molar-refractivity contribution in [2.45, 2.75) is 58.0 Å². The summed E-state index contributed by atoms with van der Waals surface area (Å²) >= 11 is 0. The first-order valence-corrected chi connectivity index (χ1v) is 7.08. The summed E-state index contributed by atoms with van der Waals surface area (Å²) in [7, 11) is 0. The van der Waals surface area contributed by atoms with E-state index in [1.54, 1.807) is 0 Å². The molecule has 0 bridgehead atoms. The van der Waals surface area contributed by atoms with E-state index in [4.69, 9.17) is 0 Å². The van der Waals surface area contributed by atoms with Crippen LogP contribution < -0.4 is 5.32 Å². The highest BCUT2D eigenvalue weighted by molar-refractivity contribution is 5.33. The van der Waals surface area contributed by atoms with E-state index in [1.165, 1.54) is 36.0 Å². The Balaban J connectivity index is 2.05. The van der Waals surface area contributed by atoms with Gasteiger partial charge in [0.25, 0.3) is 0 Å². The molecule has 0 aromatic heterocycles. The lowest BCUT2D eigenvalue weighted by Crippen LogP contribution is -2.49. The number of benzene rings is 1. The molecule has 1 aromatic rings. The van der Waals surface area contributed by atoms with Crippen LogP contribution in [0.25, 0.3) is 0 Å². The number of rotatable bonds is 4. The van der Waals surface area contributed by atoms with Gasteiger partial charge in [-0.05, 0) is 43.4 Å². The van der Waals surface area contributed by atoms with Crippen molar-refractivity contribution in [3.8, 4) is 0 Å². The van der Waals surface area contributed by atoms with Crippen molar-refractivity contribution >= 4 is 0 Å². The van der Waals surface area contributed by atoms with E-state index in [9.17, 15) is 5.11 Å². The molecule has 0 saturated heterocycles. The van der Waals surface area contributed by atoms with Gasteiger partial charge in [-0.25, -0.2) is 0 Å². The van der Waals surface area contributed by atoms with Gasteiger partial charge in [0.2, 0.25) is 0 Å². The quantitative estimate of drug-likeness (QED) is 0.857. The van der Waals surface area contributed by atoms with E-state index in [2.05, 4.69) is 37.4 Å². The monoisotopic (exact) mass is 247 g/mol. The second-order valence-electron chi connectivity index (χ2n) is 5.72. The maximum Gasteiger partial charge on any atom is 0.0613 e. The molecule has 1 aliphatic carbocycles. The van der Waals surface area contributed by atoms with Gasteiger partial charge < -0.3 is 10.4 Å². The van der Waals surface area contributed by atoms with Gasteiger partial charge in [0.1, 0.15) is 0 Å². The zero-order valence-electron chi connectivity index (χ0n) is 11.6. The van der Waals surface area contributed by atoms with Crippen molar-refractivity contribution in [3.63, 3.8) is 0 Å². The Kier molecular flexibility index (Phi) is 4.41. The molecule has 0 radical (unpaired) electrons. The number of aliphatic hydroxyl groups excluding tert-OH is 1. The van der Waals surface area contributed by atoms with E-state index in [0.29, 0.717) is 0 Å². The molecule has 1 aromatic carbocycles. The lowest BCUT2D eigenvalue weighted by molar-refractivity contribution is 0.119. The molecule has 0 spiro atoms. The van der Waals surface area contributed by atoms with Crippen LogP contribution in [0.1, 0.15) is 48.8 Å². The molecule has 2 N–H and O–H groups in total. The number of nitrogens with one attached hydrogen (secondary N) is 1. The van der Waals surface area contributed by atoms with Gasteiger partial charge in [0, 0.05) is 12.1 Å². The van der Waals surface area contributed by atoms with Gasteiger partial charge in [0.05, 0.1) is 6.61 Å². The Bertz CT molecular complexity index is 374. The minimum absolute atomic E-state index is 0.0348. The van der Waals surface area contributed by atoms with Gasteiger partial charge in [-0.15, -0.1) is 0 Å². The summed E-state index contributed by atoms with van der Waals surface area (Å²) in [6, 6.07) is 6.43. The smallest absolute Gasteiger partial charge is 0.0613 e. The van der Waals surface area contributed by atoms with Crippen molar-refractivity contribution in [2.75, 3.05) is 6.61 Å². The van der Waals surface area contributed by atoms with Gasteiger partial charge >= 0.3 is 0 Å². The van der Waals surface area contributed by atoms with Crippen LogP contribution in [-0.2, 0) is 6.54 Å². The summed E-state index contributed by atoms with van der Waals surface area (Å²) in [4.78, 5) is 0. The van der Waals surface area contributed by atoms with Crippen molar-refractivity contribution in [2.24, 2.45) is 0 Å². The van der Waals surface area contributed by atoms with Crippen LogP contribution in [0.4, 0.5) is 0 Å². The number of aliphatic hydroxyl groups is 1. The minimum atomic E-state index is -0.0348. The number of aryl methyl sites for hydroxylation is 2. The predicted molar refractivity (Wildman–Crippen MR) is 75.7 cm³/mol. The Morgan fingerprint density at radius 2 is 1.72 bits per heavy atom. The van der Waals surface area contributed by atoms with Crippen molar-refractivity contribution in [1.82, 2.24) is 5.32 Å². The third kappa shape index (κ3) is 2.93. The van der Waals surface area contributed by atoms with Gasteiger partial charge in [0.15, 0.2) is 0 Å². The van der Waals surface area contributed by atoms with E-state index in [0.717, 1.165) is 19.4 Å². The van der Waals surface area contributed by atoms with E-state index in [-0.39, 0.29) is 12.1 Å². The van der Waals surface area contributed by atoms with E-state index < -0.39 is 0 Å². The summed E-state index contributed by atoms with van der Waals surface area (Å²) in [6.45, 7) is 5.46. The van der Waals surface area contributed by atoms with Crippen LogP contribution in [0.15, 0.2) is 18.2 Å². The molecule has 0 heterocycles. The molecule has 1 saturated carbocycles. The molecule has 0 atom stereocenters. The Morgan fingerprint density at radius 3 is 2.28 bits per heavy atom. The Labute approximate surface area is 110 Å². The summed E-state index contributed by atoms with van der Waals surface area (Å²) in [6.07, 6.45) is 6.00. The first-order valence-electron chi connectivity index (χ1n) is 7.08. The molecule has 1 aliphatic rings. The fourth-order valence-electron chi connectivity index (χ4n) is 3.02. The summed E-state index contributed by atoms with van der Waals surface area (Å²) in [5.74, 6) is 0. The SMILES string of the molecule is Cc1cccc(C)c1CNC1(CO)CCCCC1. The number of hydrogen-bond donors (Lipinski definition) is 2. The predicted octanol–water partition coefficient (Wildman–Crippen LogP) is 3.09. The highest BCUT2D eigenvalue weighted by Crippen LogP contribution is 2.28. The highest BCUT2D eigenvalue weighted by atomic mass is 16.3. The Morgan fingerprint density at radius 1 is 1.11 bits per heavy atom. The molecule has 1 fully saturated rings. The summed E-state index contributed by atoms with van der Waals surface area (Å²) < 4.78 is 0. The van der Waals surface area contributed by atoms with Crippen molar-refractivity contribution in [3.05, 3.63) is 34.9 Å². The first-order chi connectivity index (χ1) is 8.67. The van der Waals surface area contributed by atoms with Crippen LogP contribution in [-0.4, -0.2) is 17.3 Å². The molecule has 0 unspecified atom stereocenters. The number of hydrogen-bond acceptors (Lipinski definition) is 2. The molecule has 2 rings (SSSR count). The largest absolute Gasteiger partial charge is 0.394 e. The average molecular weight is 247 g/mol. The van der Waals surface area contributed by atoms with Crippen molar-refractivity contribution in [1.29, 1.82) is 0 Å². The molecule has 100 valence electrons. The third-order valence-electron chi connectivity index (χ3n) is 4.40. The third-order valence-corrected chi connectivity index (χ3v) is 4.40. The molecule has 0 aliphatic heterocycles. The average Bonchev–Trinajstić information content (AvgIpc) is 2.39. The molecule has 18 heavy (non-hydrogen) atoms. The van der Waals surface area contributed by atoms with Crippen LogP contribution >= 0.6 is 0 Å². The molecule has 0 amide bonds. The molecule has 2 nitrogen and oxygen atoms in total. The fourth-order valence-corrected chi connectivity index (χ4v) is 3.02. The summed E-state index contributed by atoms with van der Waals surface area (Å²) in [5, 5.41) is 13.3. The summed E-state index contributed by atoms with van der Waals surface area (Å²) in [5.41, 5.74) is 4.03. The van der Waals surface area contributed by atoms with Gasteiger partial charge in [-0.3, -0.25) is 0 Å². The Hall–Kier alpha value is -0.860. The lowest BCUT2D eigenvalue weighted by Gasteiger charge is -2.37. The standard InChI is InChI=1S/C16H25NO/c1-13-7-6-8-14(2)15(13)11-17-16(12-18)9-4-3-5-10-16/h6-8,17-18H,3-5,9-12H2,1-2H3. The normalized spacial score (nSPS) is 18.8. The van der Waals surface area contributed by atoms with Crippen LogP contribution in [0.2, 0.25) is 0 Å². The van der Waals surface area contributed by atoms with Crippen LogP contribution in [0.3, 0.4) is 0 Å².